The summed E-state index contributed by atoms with van der Waals surface area (Å²) < 4.78 is 0. The molecule has 2 aliphatic rings. The standard InChI is InChI=1S/C20H34O4/c1-7-19(5,22)9-8-15-13(2)16(24-23)10-17-18(3,4)11-14(21)12-20(15,17)6/h7,14,16-17,21-23H,1,8-12H2,2-6H3. The number of hydrogen-bond acceptors (Lipinski definition) is 4. The van der Waals surface area contributed by atoms with Crippen molar-refractivity contribution in [3.8, 4) is 0 Å². The van der Waals surface area contributed by atoms with Gasteiger partial charge in [0.05, 0.1) is 11.7 Å². The largest absolute Gasteiger partial charge is 0.393 e. The molecule has 5 atom stereocenters. The van der Waals surface area contributed by atoms with Crippen LogP contribution < -0.4 is 0 Å². The monoisotopic (exact) mass is 338 g/mol. The first-order valence-electron chi connectivity index (χ1n) is 9.01. The summed E-state index contributed by atoms with van der Waals surface area (Å²) in [5.74, 6) is 0.318. The van der Waals surface area contributed by atoms with Crippen molar-refractivity contribution in [2.24, 2.45) is 16.7 Å². The molecule has 0 aromatic carbocycles. The molecule has 0 saturated heterocycles. The Morgan fingerprint density at radius 1 is 1.33 bits per heavy atom. The van der Waals surface area contributed by atoms with Gasteiger partial charge in [0.1, 0.15) is 6.10 Å². The molecule has 5 unspecified atom stereocenters. The molecule has 0 spiro atoms. The fraction of sp³-hybridized carbons (Fsp3) is 0.800. The van der Waals surface area contributed by atoms with E-state index in [2.05, 4.69) is 27.4 Å². The Labute approximate surface area is 146 Å². The molecule has 24 heavy (non-hydrogen) atoms. The van der Waals surface area contributed by atoms with Crippen LogP contribution in [0.25, 0.3) is 0 Å². The smallest absolute Gasteiger partial charge is 0.114 e. The van der Waals surface area contributed by atoms with E-state index in [4.69, 9.17) is 4.89 Å². The number of allylic oxidation sites excluding steroid dienone is 1. The number of aliphatic hydroxyl groups is 2. The lowest BCUT2D eigenvalue weighted by molar-refractivity contribution is -0.279. The highest BCUT2D eigenvalue weighted by Crippen LogP contribution is 2.60. The van der Waals surface area contributed by atoms with E-state index in [1.165, 1.54) is 5.57 Å². The van der Waals surface area contributed by atoms with Gasteiger partial charge in [-0.25, -0.2) is 4.89 Å². The van der Waals surface area contributed by atoms with Gasteiger partial charge in [-0.05, 0) is 68.3 Å². The quantitative estimate of drug-likeness (QED) is 0.401. The second-order valence-corrected chi connectivity index (χ2v) is 9.07. The van der Waals surface area contributed by atoms with E-state index in [9.17, 15) is 15.5 Å². The molecule has 3 N–H and O–H groups in total. The molecule has 0 heterocycles. The fourth-order valence-corrected chi connectivity index (χ4v) is 5.35. The Morgan fingerprint density at radius 2 is 1.96 bits per heavy atom. The summed E-state index contributed by atoms with van der Waals surface area (Å²) in [7, 11) is 0. The molecule has 2 rings (SSSR count). The van der Waals surface area contributed by atoms with Gasteiger partial charge in [-0.2, -0.15) is 0 Å². The third-order valence-corrected chi connectivity index (χ3v) is 6.68. The summed E-state index contributed by atoms with van der Waals surface area (Å²) in [5.41, 5.74) is 1.16. The van der Waals surface area contributed by atoms with Gasteiger partial charge in [-0.15, -0.1) is 6.58 Å². The normalized spacial score (nSPS) is 38.4. The van der Waals surface area contributed by atoms with Crippen molar-refractivity contribution in [3.05, 3.63) is 23.8 Å². The second-order valence-electron chi connectivity index (χ2n) is 9.07. The topological polar surface area (TPSA) is 69.9 Å². The Kier molecular flexibility index (Phi) is 5.37. The highest BCUT2D eigenvalue weighted by atomic mass is 17.1. The van der Waals surface area contributed by atoms with Gasteiger partial charge in [-0.3, -0.25) is 5.26 Å². The van der Waals surface area contributed by atoms with Gasteiger partial charge in [-0.1, -0.05) is 32.4 Å². The van der Waals surface area contributed by atoms with Crippen LogP contribution in [0.3, 0.4) is 0 Å². The van der Waals surface area contributed by atoms with Crippen LogP contribution in [0.2, 0.25) is 0 Å². The third-order valence-electron chi connectivity index (χ3n) is 6.68. The van der Waals surface area contributed by atoms with Crippen molar-refractivity contribution >= 4 is 0 Å². The summed E-state index contributed by atoms with van der Waals surface area (Å²) in [5, 5.41) is 30.2. The minimum Gasteiger partial charge on any atom is -0.393 e. The van der Waals surface area contributed by atoms with E-state index in [-0.39, 0.29) is 23.0 Å². The van der Waals surface area contributed by atoms with Gasteiger partial charge in [0, 0.05) is 0 Å². The second kappa shape index (κ2) is 6.56. The molecule has 138 valence electrons. The van der Waals surface area contributed by atoms with Gasteiger partial charge >= 0.3 is 0 Å². The number of fused-ring (bicyclic) bond motifs is 1. The van der Waals surface area contributed by atoms with Crippen LogP contribution in [0.5, 0.6) is 0 Å². The minimum atomic E-state index is -0.922. The predicted molar refractivity (Wildman–Crippen MR) is 95.5 cm³/mol. The van der Waals surface area contributed by atoms with Crippen molar-refractivity contribution in [2.45, 2.75) is 84.5 Å². The lowest BCUT2D eigenvalue weighted by atomic mass is 9.48. The third kappa shape index (κ3) is 3.48. The van der Waals surface area contributed by atoms with Crippen LogP contribution >= 0.6 is 0 Å². The van der Waals surface area contributed by atoms with Crippen LogP contribution in [-0.4, -0.2) is 33.3 Å². The van der Waals surface area contributed by atoms with Crippen molar-refractivity contribution in [1.29, 1.82) is 0 Å². The SMILES string of the molecule is C=CC(C)(O)CCC1=C(C)C(OO)CC2C(C)(C)CC(O)CC12C. The first-order chi connectivity index (χ1) is 11.0. The van der Waals surface area contributed by atoms with Crippen LogP contribution in [0, 0.1) is 16.7 Å². The van der Waals surface area contributed by atoms with Crippen LogP contribution in [0.15, 0.2) is 23.8 Å². The Hall–Kier alpha value is -0.680. The first kappa shape index (κ1) is 19.6. The molecular formula is C20H34O4. The van der Waals surface area contributed by atoms with E-state index in [1.807, 2.05) is 6.92 Å². The molecule has 0 aromatic heterocycles. The summed E-state index contributed by atoms with van der Waals surface area (Å²) in [6.07, 6.45) is 4.48. The molecule has 4 nitrogen and oxygen atoms in total. The first-order valence-corrected chi connectivity index (χ1v) is 9.01. The maximum absolute atomic E-state index is 10.5. The predicted octanol–water partition coefficient (Wildman–Crippen LogP) is 4.09. The van der Waals surface area contributed by atoms with E-state index < -0.39 is 5.60 Å². The number of rotatable bonds is 5. The maximum atomic E-state index is 10.5. The minimum absolute atomic E-state index is 0.0316. The molecule has 0 aromatic rings. The van der Waals surface area contributed by atoms with Crippen LogP contribution in [0.1, 0.15) is 66.7 Å². The Bertz CT molecular complexity index is 520. The number of hydrogen-bond donors (Lipinski definition) is 3. The lowest BCUT2D eigenvalue weighted by Gasteiger charge is -2.57. The van der Waals surface area contributed by atoms with E-state index in [1.54, 1.807) is 13.0 Å². The van der Waals surface area contributed by atoms with Crippen molar-refractivity contribution in [3.63, 3.8) is 0 Å². The zero-order valence-electron chi connectivity index (χ0n) is 15.8. The average Bonchev–Trinajstić information content (AvgIpc) is 2.44. The highest BCUT2D eigenvalue weighted by molar-refractivity contribution is 5.31. The van der Waals surface area contributed by atoms with Crippen molar-refractivity contribution < 1.29 is 20.4 Å². The van der Waals surface area contributed by atoms with Gasteiger partial charge in [0.15, 0.2) is 0 Å². The maximum Gasteiger partial charge on any atom is 0.114 e. The van der Waals surface area contributed by atoms with E-state index >= 15 is 0 Å². The van der Waals surface area contributed by atoms with E-state index in [0.717, 1.165) is 24.8 Å². The summed E-state index contributed by atoms with van der Waals surface area (Å²) in [6, 6.07) is 0. The lowest BCUT2D eigenvalue weighted by Crippen LogP contribution is -2.52. The zero-order chi connectivity index (χ0) is 18.3. The summed E-state index contributed by atoms with van der Waals surface area (Å²) in [4.78, 5) is 4.80. The van der Waals surface area contributed by atoms with Gasteiger partial charge in [0.2, 0.25) is 0 Å². The van der Waals surface area contributed by atoms with Crippen molar-refractivity contribution in [2.75, 3.05) is 0 Å². The average molecular weight is 338 g/mol. The van der Waals surface area contributed by atoms with Crippen LogP contribution in [-0.2, 0) is 4.89 Å². The molecule has 0 amide bonds. The van der Waals surface area contributed by atoms with Crippen molar-refractivity contribution in [1.82, 2.24) is 0 Å². The molecule has 2 aliphatic carbocycles. The summed E-state index contributed by atoms with van der Waals surface area (Å²) >= 11 is 0. The molecule has 1 saturated carbocycles. The molecule has 0 bridgehead atoms. The Morgan fingerprint density at radius 3 is 2.50 bits per heavy atom. The zero-order valence-corrected chi connectivity index (χ0v) is 15.8. The number of aliphatic hydroxyl groups excluding tert-OH is 1. The molecule has 1 fully saturated rings. The van der Waals surface area contributed by atoms with E-state index in [0.29, 0.717) is 18.8 Å². The van der Waals surface area contributed by atoms with Gasteiger partial charge < -0.3 is 10.2 Å². The Balaban J connectivity index is 2.44. The van der Waals surface area contributed by atoms with Gasteiger partial charge in [0.25, 0.3) is 0 Å². The molecule has 0 radical (unpaired) electrons. The molecular weight excluding hydrogens is 304 g/mol. The summed E-state index contributed by atoms with van der Waals surface area (Å²) in [6.45, 7) is 14.1. The fourth-order valence-electron chi connectivity index (χ4n) is 5.35. The molecule has 0 aliphatic heterocycles. The molecule has 4 heteroatoms. The highest BCUT2D eigenvalue weighted by Gasteiger charge is 2.54. The van der Waals surface area contributed by atoms with Crippen LogP contribution in [0.4, 0.5) is 0 Å².